The molecule has 0 amide bonds. The van der Waals surface area contributed by atoms with Crippen LogP contribution in [0, 0.1) is 0 Å². The third-order valence-corrected chi connectivity index (χ3v) is 4.23. The largest absolute Gasteiger partial charge is 0.506 e. The Balaban J connectivity index is 2.41. The number of carbonyl (C=O) groups excluding carboxylic acids is 2. The zero-order valence-corrected chi connectivity index (χ0v) is 13.1. The van der Waals surface area contributed by atoms with E-state index in [0.29, 0.717) is 11.1 Å². The van der Waals surface area contributed by atoms with Crippen molar-refractivity contribution in [2.45, 2.75) is 11.3 Å². The summed E-state index contributed by atoms with van der Waals surface area (Å²) in [5, 5.41) is 11.6. The summed E-state index contributed by atoms with van der Waals surface area (Å²) >= 11 is 1.42. The molecule has 0 aliphatic heterocycles. The van der Waals surface area contributed by atoms with Gasteiger partial charge in [-0.25, -0.2) is 4.79 Å². The van der Waals surface area contributed by atoms with Crippen LogP contribution in [-0.4, -0.2) is 37.0 Å². The molecule has 116 valence electrons. The summed E-state index contributed by atoms with van der Waals surface area (Å²) in [7, 11) is 2.61. The molecule has 22 heavy (non-hydrogen) atoms. The number of phenolic OH excluding ortho intramolecular Hbond substituents is 1. The van der Waals surface area contributed by atoms with Crippen LogP contribution in [0.25, 0.3) is 10.8 Å². The number of esters is 2. The number of rotatable bonds is 5. The number of carbonyl (C=O) groups is 2. The fourth-order valence-corrected chi connectivity index (χ4v) is 3.08. The minimum absolute atomic E-state index is 0.0974. The van der Waals surface area contributed by atoms with Crippen molar-refractivity contribution in [1.29, 1.82) is 0 Å². The van der Waals surface area contributed by atoms with Crippen LogP contribution >= 0.6 is 11.8 Å². The molecule has 0 aliphatic carbocycles. The van der Waals surface area contributed by atoms with E-state index in [1.54, 1.807) is 18.2 Å². The molecule has 0 saturated carbocycles. The standard InChI is InChI=1S/C16H16O5S/c1-20-14(17)7-8-22-13-9-12(16(19)21-2)15(18)11-6-4-3-5-10(11)13/h3-6,9,18H,7-8H2,1-2H3. The highest BCUT2D eigenvalue weighted by Gasteiger charge is 2.17. The Bertz CT molecular complexity index is 711. The van der Waals surface area contributed by atoms with Gasteiger partial charge in [-0.1, -0.05) is 24.3 Å². The third kappa shape index (κ3) is 3.33. The lowest BCUT2D eigenvalue weighted by molar-refractivity contribution is -0.140. The molecule has 0 atom stereocenters. The molecule has 2 rings (SSSR count). The molecular weight excluding hydrogens is 304 g/mol. The van der Waals surface area contributed by atoms with Crippen molar-refractivity contribution >= 4 is 34.5 Å². The molecule has 0 bridgehead atoms. The van der Waals surface area contributed by atoms with Gasteiger partial charge in [0.05, 0.1) is 20.6 Å². The Kier molecular flexibility index (Phi) is 5.27. The van der Waals surface area contributed by atoms with Gasteiger partial charge in [0.1, 0.15) is 11.3 Å². The van der Waals surface area contributed by atoms with Gasteiger partial charge in [0, 0.05) is 16.0 Å². The topological polar surface area (TPSA) is 72.8 Å². The number of methoxy groups -OCH3 is 2. The minimum Gasteiger partial charge on any atom is -0.506 e. The lowest BCUT2D eigenvalue weighted by Gasteiger charge is -2.11. The fourth-order valence-electron chi connectivity index (χ4n) is 2.06. The van der Waals surface area contributed by atoms with Crippen LogP contribution in [-0.2, 0) is 14.3 Å². The summed E-state index contributed by atoms with van der Waals surface area (Å²) in [5.41, 5.74) is 0.113. The van der Waals surface area contributed by atoms with Crippen LogP contribution < -0.4 is 0 Å². The summed E-state index contributed by atoms with van der Waals surface area (Å²) in [6.45, 7) is 0. The van der Waals surface area contributed by atoms with E-state index in [1.165, 1.54) is 26.0 Å². The molecule has 5 nitrogen and oxygen atoms in total. The van der Waals surface area contributed by atoms with Gasteiger partial charge in [0.15, 0.2) is 0 Å². The van der Waals surface area contributed by atoms with Crippen molar-refractivity contribution in [3.63, 3.8) is 0 Å². The number of ether oxygens (including phenoxy) is 2. The van der Waals surface area contributed by atoms with Crippen LogP contribution in [0.15, 0.2) is 35.2 Å². The van der Waals surface area contributed by atoms with E-state index in [-0.39, 0.29) is 23.7 Å². The molecule has 0 radical (unpaired) electrons. The Hall–Kier alpha value is -2.21. The number of aromatic hydroxyl groups is 1. The predicted octanol–water partition coefficient (Wildman–Crippen LogP) is 2.99. The first-order valence-corrected chi connectivity index (χ1v) is 7.59. The quantitative estimate of drug-likeness (QED) is 0.674. The second-order valence-corrected chi connectivity index (χ2v) is 5.62. The van der Waals surface area contributed by atoms with Gasteiger partial charge in [0.2, 0.25) is 0 Å². The van der Waals surface area contributed by atoms with Gasteiger partial charge in [-0.15, -0.1) is 11.8 Å². The van der Waals surface area contributed by atoms with E-state index in [2.05, 4.69) is 4.74 Å². The van der Waals surface area contributed by atoms with E-state index >= 15 is 0 Å². The molecule has 6 heteroatoms. The molecule has 0 spiro atoms. The summed E-state index contributed by atoms with van der Waals surface area (Å²) in [4.78, 5) is 23.8. The zero-order chi connectivity index (χ0) is 16.1. The van der Waals surface area contributed by atoms with Gasteiger partial charge in [-0.2, -0.15) is 0 Å². The molecule has 0 heterocycles. The van der Waals surface area contributed by atoms with Gasteiger partial charge < -0.3 is 14.6 Å². The van der Waals surface area contributed by atoms with E-state index in [1.807, 2.05) is 12.1 Å². The first kappa shape index (κ1) is 16.2. The van der Waals surface area contributed by atoms with Gasteiger partial charge in [0.25, 0.3) is 0 Å². The number of hydrogen-bond acceptors (Lipinski definition) is 6. The molecule has 1 N–H and O–H groups in total. The van der Waals surface area contributed by atoms with E-state index in [0.717, 1.165) is 10.3 Å². The van der Waals surface area contributed by atoms with Crippen molar-refractivity contribution in [1.82, 2.24) is 0 Å². The number of hydrogen-bond donors (Lipinski definition) is 1. The molecule has 0 saturated heterocycles. The summed E-state index contributed by atoms with van der Waals surface area (Å²) < 4.78 is 9.31. The second kappa shape index (κ2) is 7.17. The Morgan fingerprint density at radius 1 is 1.14 bits per heavy atom. The highest BCUT2D eigenvalue weighted by Crippen LogP contribution is 2.37. The predicted molar refractivity (Wildman–Crippen MR) is 84.3 cm³/mol. The number of benzene rings is 2. The van der Waals surface area contributed by atoms with Gasteiger partial charge in [-0.05, 0) is 11.5 Å². The molecule has 0 aromatic heterocycles. The normalized spacial score (nSPS) is 10.5. The number of thioether (sulfide) groups is 1. The van der Waals surface area contributed by atoms with Crippen LogP contribution in [0.1, 0.15) is 16.8 Å². The van der Waals surface area contributed by atoms with Crippen molar-refractivity contribution < 1.29 is 24.2 Å². The van der Waals surface area contributed by atoms with Crippen LogP contribution in [0.4, 0.5) is 0 Å². The molecule has 2 aromatic rings. The highest BCUT2D eigenvalue weighted by molar-refractivity contribution is 7.99. The van der Waals surface area contributed by atoms with E-state index in [4.69, 9.17) is 4.74 Å². The lowest BCUT2D eigenvalue weighted by Crippen LogP contribution is -2.03. The first-order valence-electron chi connectivity index (χ1n) is 6.61. The van der Waals surface area contributed by atoms with Crippen molar-refractivity contribution in [3.8, 4) is 5.75 Å². The van der Waals surface area contributed by atoms with Crippen LogP contribution in [0.2, 0.25) is 0 Å². The van der Waals surface area contributed by atoms with Crippen LogP contribution in [0.5, 0.6) is 5.75 Å². The summed E-state index contributed by atoms with van der Waals surface area (Å²) in [6.07, 6.45) is 0.268. The fraction of sp³-hybridized carbons (Fsp3) is 0.250. The van der Waals surface area contributed by atoms with Gasteiger partial charge >= 0.3 is 11.9 Å². The Labute approximate surface area is 132 Å². The number of phenols is 1. The Morgan fingerprint density at radius 3 is 2.45 bits per heavy atom. The van der Waals surface area contributed by atoms with Gasteiger partial charge in [-0.3, -0.25) is 4.79 Å². The molecule has 0 aliphatic rings. The smallest absolute Gasteiger partial charge is 0.341 e. The van der Waals surface area contributed by atoms with E-state index in [9.17, 15) is 14.7 Å². The maximum Gasteiger partial charge on any atom is 0.341 e. The third-order valence-electron chi connectivity index (χ3n) is 3.17. The minimum atomic E-state index is -0.599. The molecule has 2 aromatic carbocycles. The molecule has 0 unspecified atom stereocenters. The monoisotopic (exact) mass is 320 g/mol. The molecule has 0 fully saturated rings. The summed E-state index contributed by atoms with van der Waals surface area (Å²) in [5.74, 6) is -0.469. The highest BCUT2D eigenvalue weighted by atomic mass is 32.2. The maximum atomic E-state index is 11.8. The van der Waals surface area contributed by atoms with Crippen molar-refractivity contribution in [2.75, 3.05) is 20.0 Å². The maximum absolute atomic E-state index is 11.8. The average Bonchev–Trinajstić information content (AvgIpc) is 2.56. The average molecular weight is 320 g/mol. The Morgan fingerprint density at radius 2 is 1.82 bits per heavy atom. The SMILES string of the molecule is COC(=O)CCSc1cc(C(=O)OC)c(O)c2ccccc12. The van der Waals surface area contributed by atoms with Crippen LogP contribution in [0.3, 0.4) is 0 Å². The van der Waals surface area contributed by atoms with Crippen molar-refractivity contribution in [3.05, 3.63) is 35.9 Å². The van der Waals surface area contributed by atoms with E-state index < -0.39 is 5.97 Å². The second-order valence-electron chi connectivity index (χ2n) is 4.48. The molecular formula is C16H16O5S. The van der Waals surface area contributed by atoms with Crippen molar-refractivity contribution in [2.24, 2.45) is 0 Å². The summed E-state index contributed by atoms with van der Waals surface area (Å²) in [6, 6.07) is 8.82. The lowest BCUT2D eigenvalue weighted by atomic mass is 10.1. The first-order chi connectivity index (χ1) is 10.6. The number of fused-ring (bicyclic) bond motifs is 1. The zero-order valence-electron chi connectivity index (χ0n) is 12.3.